The third-order valence-electron chi connectivity index (χ3n) is 6.89. The molecule has 2 amide bonds. The van der Waals surface area contributed by atoms with Gasteiger partial charge in [-0.2, -0.15) is 0 Å². The summed E-state index contributed by atoms with van der Waals surface area (Å²) in [5.74, 6) is 2.01. The van der Waals surface area contributed by atoms with Crippen molar-refractivity contribution < 1.29 is 14.3 Å². The Kier molecular flexibility index (Phi) is 5.68. The molecular formula is C24H29N5O3. The van der Waals surface area contributed by atoms with Crippen LogP contribution in [-0.4, -0.2) is 58.6 Å². The molecule has 0 unspecified atom stereocenters. The number of amides is 2. The minimum Gasteiger partial charge on any atom is -0.441 e. The number of pyridine rings is 2. The van der Waals surface area contributed by atoms with Gasteiger partial charge in [0.1, 0.15) is 17.2 Å². The van der Waals surface area contributed by atoms with Crippen molar-refractivity contribution in [2.75, 3.05) is 36.4 Å². The van der Waals surface area contributed by atoms with E-state index in [1.165, 1.54) is 0 Å². The summed E-state index contributed by atoms with van der Waals surface area (Å²) in [4.78, 5) is 37.1. The smallest absolute Gasteiger partial charge is 0.416 e. The van der Waals surface area contributed by atoms with Gasteiger partial charge >= 0.3 is 6.09 Å². The summed E-state index contributed by atoms with van der Waals surface area (Å²) in [6.45, 7) is 3.07. The SMILES string of the molecule is O=C(c1ccc(NCC2CCC3(CC2)CN(c2ccccn2)C(=O)O3)nc1)N1CCCC1. The minimum atomic E-state index is -0.402. The fourth-order valence-corrected chi connectivity index (χ4v) is 4.96. The van der Waals surface area contributed by atoms with Crippen LogP contribution >= 0.6 is 0 Å². The van der Waals surface area contributed by atoms with Crippen molar-refractivity contribution in [3.63, 3.8) is 0 Å². The molecule has 2 aliphatic heterocycles. The van der Waals surface area contributed by atoms with Crippen LogP contribution in [0.15, 0.2) is 42.7 Å². The molecule has 2 aromatic heterocycles. The number of nitrogens with one attached hydrogen (secondary N) is 1. The minimum absolute atomic E-state index is 0.0741. The van der Waals surface area contributed by atoms with E-state index in [9.17, 15) is 9.59 Å². The van der Waals surface area contributed by atoms with Gasteiger partial charge in [0.25, 0.3) is 5.91 Å². The molecule has 5 rings (SSSR count). The Labute approximate surface area is 188 Å². The average molecular weight is 436 g/mol. The molecule has 1 N–H and O–H groups in total. The second kappa shape index (κ2) is 8.76. The van der Waals surface area contributed by atoms with E-state index in [4.69, 9.17) is 4.74 Å². The van der Waals surface area contributed by atoms with E-state index >= 15 is 0 Å². The lowest BCUT2D eigenvalue weighted by molar-refractivity contribution is 0.0148. The first-order valence-corrected chi connectivity index (χ1v) is 11.5. The second-order valence-electron chi connectivity index (χ2n) is 9.08. The van der Waals surface area contributed by atoms with E-state index in [-0.39, 0.29) is 12.0 Å². The number of nitrogens with zero attached hydrogens (tertiary/aromatic N) is 4. The zero-order valence-corrected chi connectivity index (χ0v) is 18.2. The number of hydrogen-bond acceptors (Lipinski definition) is 6. The lowest BCUT2D eigenvalue weighted by atomic mass is 9.78. The number of carbonyl (C=O) groups excluding carboxylic acids is 2. The van der Waals surface area contributed by atoms with Gasteiger partial charge in [-0.05, 0) is 68.7 Å². The van der Waals surface area contributed by atoms with Gasteiger partial charge in [0.15, 0.2) is 0 Å². The predicted octanol–water partition coefficient (Wildman–Crippen LogP) is 3.71. The van der Waals surface area contributed by atoms with E-state index in [1.54, 1.807) is 17.3 Å². The molecule has 1 aliphatic carbocycles. The Morgan fingerprint density at radius 2 is 1.94 bits per heavy atom. The maximum absolute atomic E-state index is 12.4. The standard InChI is InChI=1S/C24H29N5O3/c30-22(28-13-3-4-14-28)19-6-7-20(27-16-19)26-15-18-8-10-24(11-9-18)17-29(23(31)32-24)21-5-1-2-12-25-21/h1-2,5-7,12,16,18H,3-4,8-11,13-15,17H2,(H,26,27). The number of rotatable bonds is 5. The number of likely N-dealkylation sites (tertiary alicyclic amines) is 1. The first-order chi connectivity index (χ1) is 15.6. The predicted molar refractivity (Wildman–Crippen MR) is 121 cm³/mol. The van der Waals surface area contributed by atoms with Crippen LogP contribution in [0.4, 0.5) is 16.4 Å². The van der Waals surface area contributed by atoms with Crippen molar-refractivity contribution in [1.82, 2.24) is 14.9 Å². The maximum Gasteiger partial charge on any atom is 0.416 e. The Balaban J connectivity index is 1.11. The van der Waals surface area contributed by atoms with Gasteiger partial charge in [0, 0.05) is 32.0 Å². The van der Waals surface area contributed by atoms with Crippen molar-refractivity contribution in [2.45, 2.75) is 44.1 Å². The van der Waals surface area contributed by atoms with E-state index in [0.29, 0.717) is 23.8 Å². The van der Waals surface area contributed by atoms with Crippen molar-refractivity contribution in [1.29, 1.82) is 0 Å². The summed E-state index contributed by atoms with van der Waals surface area (Å²) < 4.78 is 5.82. The van der Waals surface area contributed by atoms with Crippen molar-refractivity contribution in [3.8, 4) is 0 Å². The molecule has 0 bridgehead atoms. The Hall–Kier alpha value is -3.16. The number of ether oxygens (including phenoxy) is 1. The quantitative estimate of drug-likeness (QED) is 0.770. The molecule has 8 nitrogen and oxygen atoms in total. The highest BCUT2D eigenvalue weighted by Crippen LogP contribution is 2.40. The molecule has 0 aromatic carbocycles. The van der Waals surface area contributed by atoms with Crippen molar-refractivity contribution >= 4 is 23.6 Å². The number of carbonyl (C=O) groups is 2. The van der Waals surface area contributed by atoms with E-state index in [2.05, 4.69) is 15.3 Å². The zero-order valence-electron chi connectivity index (χ0n) is 18.2. The average Bonchev–Trinajstić information content (AvgIpc) is 3.48. The van der Waals surface area contributed by atoms with Crippen molar-refractivity contribution in [2.24, 2.45) is 5.92 Å². The first kappa shape index (κ1) is 20.7. The molecule has 0 atom stereocenters. The summed E-state index contributed by atoms with van der Waals surface area (Å²) in [5, 5.41) is 3.41. The molecule has 3 fully saturated rings. The normalized spacial score (nSPS) is 25.2. The highest BCUT2D eigenvalue weighted by molar-refractivity contribution is 5.94. The first-order valence-electron chi connectivity index (χ1n) is 11.5. The molecule has 3 aliphatic rings. The monoisotopic (exact) mass is 435 g/mol. The lowest BCUT2D eigenvalue weighted by Gasteiger charge is -2.35. The third kappa shape index (κ3) is 4.26. The fourth-order valence-electron chi connectivity index (χ4n) is 4.96. The third-order valence-corrected chi connectivity index (χ3v) is 6.89. The molecule has 8 heteroatoms. The molecule has 32 heavy (non-hydrogen) atoms. The van der Waals surface area contributed by atoms with Crippen LogP contribution in [0, 0.1) is 5.92 Å². The molecule has 4 heterocycles. The highest BCUT2D eigenvalue weighted by Gasteiger charge is 2.47. The molecule has 0 radical (unpaired) electrons. The van der Waals surface area contributed by atoms with Crippen LogP contribution in [0.5, 0.6) is 0 Å². The van der Waals surface area contributed by atoms with Crippen LogP contribution in [0.3, 0.4) is 0 Å². The van der Waals surface area contributed by atoms with Gasteiger partial charge < -0.3 is 15.0 Å². The van der Waals surface area contributed by atoms with E-state index in [1.807, 2.05) is 35.2 Å². The number of hydrogen-bond donors (Lipinski definition) is 1. The van der Waals surface area contributed by atoms with Gasteiger partial charge in [0.2, 0.25) is 0 Å². The summed E-state index contributed by atoms with van der Waals surface area (Å²) in [7, 11) is 0. The molecule has 1 saturated carbocycles. The Morgan fingerprint density at radius 3 is 2.62 bits per heavy atom. The van der Waals surface area contributed by atoms with E-state index < -0.39 is 5.60 Å². The number of aromatic nitrogens is 2. The van der Waals surface area contributed by atoms with Crippen LogP contribution in [0.25, 0.3) is 0 Å². The largest absolute Gasteiger partial charge is 0.441 e. The van der Waals surface area contributed by atoms with Gasteiger partial charge in [0.05, 0.1) is 12.1 Å². The van der Waals surface area contributed by atoms with Gasteiger partial charge in [-0.1, -0.05) is 6.07 Å². The fraction of sp³-hybridized carbons (Fsp3) is 0.500. The summed E-state index contributed by atoms with van der Waals surface area (Å²) in [6, 6.07) is 9.30. The molecule has 2 saturated heterocycles. The topological polar surface area (TPSA) is 87.7 Å². The highest BCUT2D eigenvalue weighted by atomic mass is 16.6. The Morgan fingerprint density at radius 1 is 1.12 bits per heavy atom. The molecule has 168 valence electrons. The van der Waals surface area contributed by atoms with Crippen LogP contribution in [0.1, 0.15) is 48.9 Å². The van der Waals surface area contributed by atoms with Crippen LogP contribution in [-0.2, 0) is 4.74 Å². The van der Waals surface area contributed by atoms with Gasteiger partial charge in [-0.25, -0.2) is 14.8 Å². The maximum atomic E-state index is 12.4. The molecular weight excluding hydrogens is 406 g/mol. The lowest BCUT2D eigenvalue weighted by Crippen LogP contribution is -2.39. The summed E-state index contributed by atoms with van der Waals surface area (Å²) in [6.07, 6.45) is 8.92. The van der Waals surface area contributed by atoms with Gasteiger partial charge in [-0.3, -0.25) is 9.69 Å². The molecule has 1 spiro atoms. The molecule has 2 aromatic rings. The Bertz CT molecular complexity index is 951. The van der Waals surface area contributed by atoms with Gasteiger partial charge in [-0.15, -0.1) is 0 Å². The van der Waals surface area contributed by atoms with Crippen molar-refractivity contribution in [3.05, 3.63) is 48.3 Å². The van der Waals surface area contributed by atoms with Crippen LogP contribution in [0.2, 0.25) is 0 Å². The van der Waals surface area contributed by atoms with E-state index in [0.717, 1.165) is 64.0 Å². The summed E-state index contributed by atoms with van der Waals surface area (Å²) in [5.41, 5.74) is 0.249. The second-order valence-corrected chi connectivity index (χ2v) is 9.08. The van der Waals surface area contributed by atoms with Crippen LogP contribution < -0.4 is 10.2 Å². The summed E-state index contributed by atoms with van der Waals surface area (Å²) >= 11 is 0. The number of anilines is 2. The zero-order chi connectivity index (χ0) is 22.0.